The van der Waals surface area contributed by atoms with E-state index >= 15 is 0 Å². The Balaban J connectivity index is 2.50. The Kier molecular flexibility index (Phi) is 3.77. The van der Waals surface area contributed by atoms with Crippen LogP contribution in [0.4, 0.5) is 0 Å². The van der Waals surface area contributed by atoms with E-state index in [1.54, 1.807) is 0 Å². The molecule has 0 aliphatic heterocycles. The van der Waals surface area contributed by atoms with Gasteiger partial charge in [-0.15, -0.1) is 11.6 Å². The molecule has 1 aromatic heterocycles. The number of aromatic nitrogens is 2. The van der Waals surface area contributed by atoms with E-state index in [2.05, 4.69) is 40.9 Å². The fraction of sp³-hybridized carbons (Fsp3) is 0.417. The number of aryl methyl sites for hydroxylation is 2. The minimum atomic E-state index is 0.474. The van der Waals surface area contributed by atoms with Crippen molar-refractivity contribution in [2.75, 3.05) is 12.0 Å². The van der Waals surface area contributed by atoms with Crippen LogP contribution in [0.2, 0.25) is 0 Å². The van der Waals surface area contributed by atoms with E-state index < -0.39 is 0 Å². The lowest BCUT2D eigenvalue weighted by Crippen LogP contribution is -2.04. The monoisotopic (exact) mass is 254 g/mol. The Hall–Kier alpha value is -0.670. The van der Waals surface area contributed by atoms with E-state index in [1.165, 1.54) is 11.1 Å². The molecule has 2 aromatic rings. The first kappa shape index (κ1) is 11.8. The first-order chi connectivity index (χ1) is 7.76. The maximum Gasteiger partial charge on any atom is 0.124 e. The molecule has 4 heteroatoms. The lowest BCUT2D eigenvalue weighted by molar-refractivity contribution is 0.755. The smallest absolute Gasteiger partial charge is 0.124 e. The van der Waals surface area contributed by atoms with Gasteiger partial charge in [0.15, 0.2) is 0 Å². The van der Waals surface area contributed by atoms with Gasteiger partial charge in [0, 0.05) is 12.3 Å². The van der Waals surface area contributed by atoms with Crippen LogP contribution < -0.4 is 0 Å². The average molecular weight is 255 g/mol. The SMILES string of the molecule is CSCCn1c(CCl)nc2cc(C)ccc21. The molecule has 0 spiro atoms. The highest BCUT2D eigenvalue weighted by Gasteiger charge is 2.09. The van der Waals surface area contributed by atoms with Crippen molar-refractivity contribution in [1.82, 2.24) is 9.55 Å². The van der Waals surface area contributed by atoms with E-state index in [9.17, 15) is 0 Å². The Bertz CT molecular complexity index is 493. The molecular weight excluding hydrogens is 240 g/mol. The molecule has 0 aliphatic carbocycles. The van der Waals surface area contributed by atoms with Crippen molar-refractivity contribution >= 4 is 34.4 Å². The second-order valence-electron chi connectivity index (χ2n) is 3.80. The van der Waals surface area contributed by atoms with Gasteiger partial charge < -0.3 is 4.57 Å². The Morgan fingerprint density at radius 3 is 2.94 bits per heavy atom. The third-order valence-corrected chi connectivity index (χ3v) is 3.45. The van der Waals surface area contributed by atoms with E-state index in [4.69, 9.17) is 11.6 Å². The quantitative estimate of drug-likeness (QED) is 0.778. The number of thioether (sulfide) groups is 1. The maximum atomic E-state index is 5.93. The molecule has 86 valence electrons. The molecule has 16 heavy (non-hydrogen) atoms. The Morgan fingerprint density at radius 1 is 1.44 bits per heavy atom. The summed E-state index contributed by atoms with van der Waals surface area (Å²) >= 11 is 7.77. The van der Waals surface area contributed by atoms with E-state index in [0.29, 0.717) is 5.88 Å². The van der Waals surface area contributed by atoms with Crippen molar-refractivity contribution in [3.05, 3.63) is 29.6 Å². The molecule has 0 amide bonds. The minimum Gasteiger partial charge on any atom is -0.326 e. The zero-order valence-corrected chi connectivity index (χ0v) is 11.1. The molecule has 0 fully saturated rings. The summed E-state index contributed by atoms with van der Waals surface area (Å²) in [5.74, 6) is 2.53. The summed E-state index contributed by atoms with van der Waals surface area (Å²) in [7, 11) is 0. The van der Waals surface area contributed by atoms with Crippen molar-refractivity contribution in [2.24, 2.45) is 0 Å². The number of hydrogen-bond donors (Lipinski definition) is 0. The zero-order valence-electron chi connectivity index (χ0n) is 9.53. The number of rotatable bonds is 4. The summed E-state index contributed by atoms with van der Waals surface area (Å²) in [6.07, 6.45) is 2.11. The molecule has 1 heterocycles. The fourth-order valence-electron chi connectivity index (χ4n) is 1.82. The van der Waals surface area contributed by atoms with Gasteiger partial charge in [-0.05, 0) is 30.9 Å². The second-order valence-corrected chi connectivity index (χ2v) is 5.05. The summed E-state index contributed by atoms with van der Waals surface area (Å²) in [4.78, 5) is 4.57. The van der Waals surface area contributed by atoms with Crippen molar-refractivity contribution in [2.45, 2.75) is 19.3 Å². The molecule has 0 radical (unpaired) electrons. The summed E-state index contributed by atoms with van der Waals surface area (Å²) in [6, 6.07) is 6.37. The normalized spacial score (nSPS) is 11.2. The highest BCUT2D eigenvalue weighted by molar-refractivity contribution is 7.98. The minimum absolute atomic E-state index is 0.474. The predicted octanol–water partition coefficient (Wildman–Crippen LogP) is 3.45. The van der Waals surface area contributed by atoms with Crippen LogP contribution in [0.25, 0.3) is 11.0 Å². The van der Waals surface area contributed by atoms with Crippen LogP contribution in [0.1, 0.15) is 11.4 Å². The van der Waals surface area contributed by atoms with Gasteiger partial charge in [-0.3, -0.25) is 0 Å². The topological polar surface area (TPSA) is 17.8 Å². The number of alkyl halides is 1. The van der Waals surface area contributed by atoms with Crippen LogP contribution in [0.5, 0.6) is 0 Å². The van der Waals surface area contributed by atoms with Crippen molar-refractivity contribution in [1.29, 1.82) is 0 Å². The van der Waals surface area contributed by atoms with Gasteiger partial charge in [0.25, 0.3) is 0 Å². The number of nitrogens with zero attached hydrogens (tertiary/aromatic N) is 2. The predicted molar refractivity (Wildman–Crippen MR) is 72.4 cm³/mol. The van der Waals surface area contributed by atoms with Gasteiger partial charge in [-0.1, -0.05) is 6.07 Å². The summed E-state index contributed by atoms with van der Waals surface area (Å²) in [5, 5.41) is 0. The van der Waals surface area contributed by atoms with Gasteiger partial charge in [-0.2, -0.15) is 11.8 Å². The Labute approximate surface area is 105 Å². The lowest BCUT2D eigenvalue weighted by atomic mass is 10.2. The molecule has 0 atom stereocenters. The van der Waals surface area contributed by atoms with Crippen molar-refractivity contribution in [3.8, 4) is 0 Å². The fourth-order valence-corrected chi connectivity index (χ4v) is 2.39. The molecule has 0 saturated carbocycles. The van der Waals surface area contributed by atoms with Crippen LogP contribution in [0.15, 0.2) is 18.2 Å². The molecule has 2 nitrogen and oxygen atoms in total. The first-order valence-corrected chi connectivity index (χ1v) is 7.19. The molecule has 0 saturated heterocycles. The number of imidazole rings is 1. The standard InChI is InChI=1S/C12H15ClN2S/c1-9-3-4-11-10(7-9)14-12(8-13)15(11)5-6-16-2/h3-4,7H,5-6,8H2,1-2H3. The molecule has 0 aliphatic rings. The molecule has 1 aromatic carbocycles. The van der Waals surface area contributed by atoms with Crippen molar-refractivity contribution in [3.63, 3.8) is 0 Å². The largest absolute Gasteiger partial charge is 0.326 e. The number of fused-ring (bicyclic) bond motifs is 1. The van der Waals surface area contributed by atoms with Gasteiger partial charge in [-0.25, -0.2) is 4.98 Å². The molecule has 2 rings (SSSR count). The summed E-state index contributed by atoms with van der Waals surface area (Å²) < 4.78 is 2.22. The molecule has 0 unspecified atom stereocenters. The summed E-state index contributed by atoms with van der Waals surface area (Å²) in [5.41, 5.74) is 3.48. The van der Waals surface area contributed by atoms with Gasteiger partial charge in [0.1, 0.15) is 5.82 Å². The van der Waals surface area contributed by atoms with Gasteiger partial charge in [0.05, 0.1) is 16.9 Å². The number of hydrogen-bond acceptors (Lipinski definition) is 2. The third-order valence-electron chi connectivity index (χ3n) is 2.62. The van der Waals surface area contributed by atoms with Gasteiger partial charge >= 0.3 is 0 Å². The maximum absolute atomic E-state index is 5.93. The van der Waals surface area contributed by atoms with E-state index in [-0.39, 0.29) is 0 Å². The third kappa shape index (κ3) is 2.20. The average Bonchev–Trinajstić information content (AvgIpc) is 2.63. The molecule has 0 bridgehead atoms. The van der Waals surface area contributed by atoms with E-state index in [0.717, 1.165) is 23.6 Å². The lowest BCUT2D eigenvalue weighted by Gasteiger charge is -2.06. The van der Waals surface area contributed by atoms with Crippen LogP contribution in [-0.4, -0.2) is 21.6 Å². The zero-order chi connectivity index (χ0) is 11.5. The van der Waals surface area contributed by atoms with Gasteiger partial charge in [0.2, 0.25) is 0 Å². The van der Waals surface area contributed by atoms with Crippen LogP contribution in [0, 0.1) is 6.92 Å². The van der Waals surface area contributed by atoms with Crippen LogP contribution >= 0.6 is 23.4 Å². The second kappa shape index (κ2) is 5.11. The van der Waals surface area contributed by atoms with Crippen LogP contribution in [0.3, 0.4) is 0 Å². The van der Waals surface area contributed by atoms with E-state index in [1.807, 2.05) is 11.8 Å². The van der Waals surface area contributed by atoms with Crippen molar-refractivity contribution < 1.29 is 0 Å². The van der Waals surface area contributed by atoms with Crippen LogP contribution in [-0.2, 0) is 12.4 Å². The number of halogens is 1. The molecule has 0 N–H and O–H groups in total. The highest BCUT2D eigenvalue weighted by Crippen LogP contribution is 2.19. The Morgan fingerprint density at radius 2 is 2.25 bits per heavy atom. The first-order valence-electron chi connectivity index (χ1n) is 5.27. The highest BCUT2D eigenvalue weighted by atomic mass is 35.5. The number of benzene rings is 1. The summed E-state index contributed by atoms with van der Waals surface area (Å²) in [6.45, 7) is 3.06. The molecular formula is C12H15ClN2S.